The highest BCUT2D eigenvalue weighted by Gasteiger charge is 2.68. The molecule has 0 aromatic heterocycles. The second-order valence-corrected chi connectivity index (χ2v) is 20.3. The minimum atomic E-state index is -0.837. The van der Waals surface area contributed by atoms with Crippen molar-refractivity contribution >= 4 is 17.5 Å². The van der Waals surface area contributed by atoms with E-state index < -0.39 is 5.41 Å². The van der Waals surface area contributed by atoms with Gasteiger partial charge in [-0.1, -0.05) is 80.1 Å². The maximum atomic E-state index is 15.0. The van der Waals surface area contributed by atoms with E-state index in [4.69, 9.17) is 9.47 Å². The van der Waals surface area contributed by atoms with Crippen LogP contribution in [-0.4, -0.2) is 43.9 Å². The first kappa shape index (κ1) is 41.7. The van der Waals surface area contributed by atoms with E-state index in [1.54, 1.807) is 6.07 Å². The number of rotatable bonds is 11. The van der Waals surface area contributed by atoms with E-state index in [9.17, 15) is 14.7 Å². The smallest absolute Gasteiger partial charge is 0.340 e. The average molecular weight is 858 g/mol. The Morgan fingerprint density at radius 3 is 2.59 bits per heavy atom. The van der Waals surface area contributed by atoms with Crippen molar-refractivity contribution in [1.82, 2.24) is 16.0 Å². The summed E-state index contributed by atoms with van der Waals surface area (Å²) in [4.78, 5) is 29.8. The molecular formula is C56H63N3O5. The highest BCUT2D eigenvalue weighted by molar-refractivity contribution is 6.07. The minimum absolute atomic E-state index is 0.000105. The molecule has 3 aliphatic heterocycles. The summed E-state index contributed by atoms with van der Waals surface area (Å²) >= 11 is 0. The largest absolute Gasteiger partial charge is 0.508 e. The number of hydrogen-bond donors (Lipinski definition) is 4. The maximum absolute atomic E-state index is 15.0. The molecule has 64 heavy (non-hydrogen) atoms. The number of allylic oxidation sites excluding steroid dienone is 6. The predicted octanol–water partition coefficient (Wildman–Crippen LogP) is 9.93. The number of ether oxygens (including phenoxy) is 2. The van der Waals surface area contributed by atoms with E-state index in [-0.39, 0.29) is 46.8 Å². The second kappa shape index (κ2) is 16.4. The number of piperidine rings is 1. The van der Waals surface area contributed by atoms with Gasteiger partial charge in [0.15, 0.2) is 0 Å². The van der Waals surface area contributed by atoms with Crippen molar-refractivity contribution in [1.29, 1.82) is 0 Å². The molecule has 332 valence electrons. The summed E-state index contributed by atoms with van der Waals surface area (Å²) in [5.41, 5.74) is 8.11. The Morgan fingerprint density at radius 2 is 1.77 bits per heavy atom. The Bertz CT molecular complexity index is 2530. The van der Waals surface area contributed by atoms with Crippen LogP contribution < -0.4 is 16.0 Å². The molecule has 10 unspecified atom stereocenters. The van der Waals surface area contributed by atoms with Crippen molar-refractivity contribution in [3.05, 3.63) is 142 Å². The van der Waals surface area contributed by atoms with Gasteiger partial charge >= 0.3 is 11.9 Å². The normalized spacial score (nSPS) is 34.1. The number of carbonyl (C=O) groups is 2. The lowest BCUT2D eigenvalue weighted by Gasteiger charge is -2.56. The molecule has 0 amide bonds. The monoisotopic (exact) mass is 857 g/mol. The number of hydrogen-bond acceptors (Lipinski definition) is 8. The summed E-state index contributed by atoms with van der Waals surface area (Å²) in [6.45, 7) is 3.92. The van der Waals surface area contributed by atoms with Gasteiger partial charge in [-0.25, -0.2) is 9.59 Å². The molecule has 8 heteroatoms. The van der Waals surface area contributed by atoms with Crippen LogP contribution in [0.2, 0.25) is 0 Å². The molecule has 9 aliphatic rings. The number of carbonyl (C=O) groups excluding carboxylic acids is 2. The van der Waals surface area contributed by atoms with E-state index in [1.165, 1.54) is 24.8 Å². The molecule has 12 rings (SSSR count). The average Bonchev–Trinajstić information content (AvgIpc) is 3.99. The van der Waals surface area contributed by atoms with Gasteiger partial charge in [0.2, 0.25) is 0 Å². The minimum Gasteiger partial charge on any atom is -0.508 e. The van der Waals surface area contributed by atoms with E-state index in [2.05, 4.69) is 103 Å². The van der Waals surface area contributed by atoms with Gasteiger partial charge < -0.3 is 30.5 Å². The van der Waals surface area contributed by atoms with E-state index in [0.29, 0.717) is 41.7 Å². The highest BCUT2D eigenvalue weighted by Crippen LogP contribution is 2.72. The third-order valence-electron chi connectivity index (χ3n) is 17.4. The third-order valence-corrected chi connectivity index (χ3v) is 17.4. The van der Waals surface area contributed by atoms with Gasteiger partial charge in [0.05, 0.1) is 17.2 Å². The van der Waals surface area contributed by atoms with Crippen molar-refractivity contribution in [2.45, 2.75) is 90.3 Å². The summed E-state index contributed by atoms with van der Waals surface area (Å²) < 4.78 is 13.2. The molecule has 0 radical (unpaired) electrons. The first-order chi connectivity index (χ1) is 31.3. The molecule has 3 heterocycles. The van der Waals surface area contributed by atoms with Crippen LogP contribution >= 0.6 is 0 Å². The summed E-state index contributed by atoms with van der Waals surface area (Å²) in [7, 11) is 4.01. The van der Waals surface area contributed by atoms with Crippen LogP contribution in [0.4, 0.5) is 0 Å². The van der Waals surface area contributed by atoms with Crippen LogP contribution in [0.1, 0.15) is 87.8 Å². The molecule has 2 bridgehead atoms. The van der Waals surface area contributed by atoms with Crippen molar-refractivity contribution in [2.75, 3.05) is 20.6 Å². The molecule has 3 aromatic rings. The Balaban J connectivity index is 1.05. The van der Waals surface area contributed by atoms with Crippen LogP contribution in [0.25, 0.3) is 16.7 Å². The Labute approximate surface area is 378 Å². The lowest BCUT2D eigenvalue weighted by atomic mass is 9.44. The molecule has 4 fully saturated rings. The molecule has 2 saturated carbocycles. The molecule has 4 N–H and O–H groups in total. The summed E-state index contributed by atoms with van der Waals surface area (Å²) in [6.07, 6.45) is 20.4. The zero-order valence-electron chi connectivity index (χ0n) is 37.6. The van der Waals surface area contributed by atoms with Crippen LogP contribution in [0.3, 0.4) is 0 Å². The van der Waals surface area contributed by atoms with Gasteiger partial charge in [0.25, 0.3) is 0 Å². The second-order valence-electron chi connectivity index (χ2n) is 20.3. The number of cyclic esters (lactones) is 2. The fourth-order valence-electron chi connectivity index (χ4n) is 14.6. The third kappa shape index (κ3) is 6.56. The summed E-state index contributed by atoms with van der Waals surface area (Å²) in [6, 6.07) is 24.7. The van der Waals surface area contributed by atoms with Gasteiger partial charge in [-0.15, -0.1) is 0 Å². The van der Waals surface area contributed by atoms with Gasteiger partial charge in [-0.3, -0.25) is 0 Å². The molecule has 10 atom stereocenters. The summed E-state index contributed by atoms with van der Waals surface area (Å²) in [5.74, 6) is 2.63. The van der Waals surface area contributed by atoms with Gasteiger partial charge in [-0.2, -0.15) is 0 Å². The van der Waals surface area contributed by atoms with Crippen molar-refractivity contribution < 1.29 is 24.2 Å². The first-order valence-corrected chi connectivity index (χ1v) is 24.3. The molecule has 3 aromatic carbocycles. The number of phenolic OH excluding ortho intramolecular Hbond substituents is 1. The Hall–Kier alpha value is -5.02. The molecule has 2 saturated heterocycles. The van der Waals surface area contributed by atoms with E-state index >= 15 is 0 Å². The van der Waals surface area contributed by atoms with Gasteiger partial charge in [0, 0.05) is 30.2 Å². The standard InChI is InChI=1S/C56H63N3O5/c1-4-33(26-34-10-6-5-7-11-34)28-47-56-25-21-41(49(52(56)54(62)64-47)44-29-39(60)17-18-40(44)36-13-8-12-35(27-36)31-57-2)42-19-20-43-46(63-53(61)50(43)51(42)56)22-24-55-23-9-14-38(55)16-15-37-32-59-48(58-3)30-45(37)55/h5-8,10-13,15-18,22,27-29,33,37-38,41-42,45,48,51,57-60H,4,9,14,19-21,23-26,30-32H2,1-3H3. The number of benzene rings is 3. The zero-order chi connectivity index (χ0) is 43.7. The predicted molar refractivity (Wildman–Crippen MR) is 250 cm³/mol. The fraction of sp³-hybridized carbons (Fsp3) is 0.464. The molecular weight excluding hydrogens is 795 g/mol. The molecule has 1 spiro atoms. The first-order valence-electron chi connectivity index (χ1n) is 24.3. The van der Waals surface area contributed by atoms with Crippen molar-refractivity contribution in [2.24, 2.45) is 52.3 Å². The van der Waals surface area contributed by atoms with Crippen LogP contribution in [0.5, 0.6) is 5.75 Å². The van der Waals surface area contributed by atoms with Crippen LogP contribution in [-0.2, 0) is 32.0 Å². The van der Waals surface area contributed by atoms with Gasteiger partial charge in [0.1, 0.15) is 17.3 Å². The maximum Gasteiger partial charge on any atom is 0.340 e. The zero-order valence-corrected chi connectivity index (χ0v) is 37.6. The van der Waals surface area contributed by atoms with E-state index in [1.807, 2.05) is 25.2 Å². The topological polar surface area (TPSA) is 109 Å². The number of nitrogens with one attached hydrogen (secondary N) is 3. The fourth-order valence-corrected chi connectivity index (χ4v) is 14.6. The number of esters is 2. The SMILES string of the molecule is CCC(C=C1OC(=O)C2=C(c3cc(O)ccc3-c3cccc(CNC)c3)C3CCC12C1C2=C(CCC31)C(=CCC13CCCC1C=CC1CNC(NC)CC13)OC2=O)Cc1ccccc1. The highest BCUT2D eigenvalue weighted by atomic mass is 16.5. The van der Waals surface area contributed by atoms with Crippen molar-refractivity contribution in [3.8, 4) is 16.9 Å². The van der Waals surface area contributed by atoms with Crippen LogP contribution in [0, 0.1) is 52.3 Å². The van der Waals surface area contributed by atoms with Gasteiger partial charge in [-0.05, 0) is 183 Å². The van der Waals surface area contributed by atoms with E-state index in [0.717, 1.165) is 103 Å². The van der Waals surface area contributed by atoms with Crippen LogP contribution in [0.15, 0.2) is 125 Å². The summed E-state index contributed by atoms with van der Waals surface area (Å²) in [5, 5.41) is 21.8. The number of phenols is 1. The quantitative estimate of drug-likeness (QED) is 0.112. The lowest BCUT2D eigenvalue weighted by Crippen LogP contribution is -2.55. The molecule has 8 nitrogen and oxygen atoms in total. The Kier molecular flexibility index (Phi) is 10.7. The lowest BCUT2D eigenvalue weighted by molar-refractivity contribution is -0.135. The number of fused-ring (bicyclic) bond motifs is 4. The Morgan fingerprint density at radius 1 is 0.906 bits per heavy atom. The van der Waals surface area contributed by atoms with Crippen molar-refractivity contribution in [3.63, 3.8) is 0 Å². The molecule has 6 aliphatic carbocycles. The number of aromatic hydroxyl groups is 1.